The Hall–Kier alpha value is -3.74. The van der Waals surface area contributed by atoms with E-state index < -0.39 is 5.91 Å². The monoisotopic (exact) mass is 427 g/mol. The van der Waals surface area contributed by atoms with E-state index in [2.05, 4.69) is 40.8 Å². The van der Waals surface area contributed by atoms with Gasteiger partial charge in [-0.25, -0.2) is 0 Å². The molecule has 2 aromatic carbocycles. The Bertz CT molecular complexity index is 1270. The molecule has 0 radical (unpaired) electrons. The van der Waals surface area contributed by atoms with E-state index in [-0.39, 0.29) is 5.41 Å². The number of rotatable bonds is 5. The van der Waals surface area contributed by atoms with Crippen LogP contribution in [0.5, 0.6) is 0 Å². The maximum absolute atomic E-state index is 11.3. The Labute approximate surface area is 186 Å². The van der Waals surface area contributed by atoms with E-state index in [9.17, 15) is 4.79 Å². The van der Waals surface area contributed by atoms with Crippen molar-refractivity contribution < 1.29 is 9.32 Å². The van der Waals surface area contributed by atoms with Gasteiger partial charge in [0.05, 0.1) is 6.54 Å². The van der Waals surface area contributed by atoms with Crippen LogP contribution in [0.2, 0.25) is 0 Å². The fourth-order valence-electron chi connectivity index (χ4n) is 4.28. The summed E-state index contributed by atoms with van der Waals surface area (Å²) >= 11 is 0. The molecule has 0 aliphatic heterocycles. The predicted molar refractivity (Wildman–Crippen MR) is 121 cm³/mol. The zero-order chi connectivity index (χ0) is 22.3. The summed E-state index contributed by atoms with van der Waals surface area (Å²) in [5.41, 5.74) is 11.1. The van der Waals surface area contributed by atoms with Crippen LogP contribution < -0.4 is 5.73 Å². The fourth-order valence-corrected chi connectivity index (χ4v) is 4.28. The summed E-state index contributed by atoms with van der Waals surface area (Å²) < 4.78 is 7.73. The van der Waals surface area contributed by atoms with E-state index in [0.717, 1.165) is 30.5 Å². The van der Waals surface area contributed by atoms with Gasteiger partial charge in [-0.15, -0.1) is 0 Å². The normalized spacial score (nSPS) is 14.8. The average molecular weight is 428 g/mol. The third-order valence-corrected chi connectivity index (χ3v) is 6.10. The first-order chi connectivity index (χ1) is 15.4. The van der Waals surface area contributed by atoms with E-state index in [0.29, 0.717) is 23.8 Å². The number of fused-ring (bicyclic) bond motifs is 1. The molecule has 0 bridgehead atoms. The van der Waals surface area contributed by atoms with Crippen molar-refractivity contribution in [1.29, 1.82) is 0 Å². The van der Waals surface area contributed by atoms with Gasteiger partial charge in [-0.1, -0.05) is 61.5 Å². The first kappa shape index (κ1) is 20.2. The minimum absolute atomic E-state index is 0.223. The number of nitrogens with two attached hydrogens (primary N) is 1. The fraction of sp³-hybridized carbons (Fsp3) is 0.280. The van der Waals surface area contributed by atoms with E-state index in [1.165, 1.54) is 16.8 Å². The summed E-state index contributed by atoms with van der Waals surface area (Å²) in [6, 6.07) is 17.2. The maximum atomic E-state index is 11.3. The number of hydrogen-bond acceptors (Lipinski definition) is 5. The number of carbonyl (C=O) groups is 1. The third kappa shape index (κ3) is 3.82. The molecule has 7 heteroatoms. The van der Waals surface area contributed by atoms with Crippen LogP contribution in [0.1, 0.15) is 47.4 Å². The van der Waals surface area contributed by atoms with Gasteiger partial charge in [-0.2, -0.15) is 10.1 Å². The molecule has 2 N–H and O–H groups in total. The van der Waals surface area contributed by atoms with E-state index >= 15 is 0 Å². The van der Waals surface area contributed by atoms with E-state index in [1.54, 1.807) is 24.3 Å². The Morgan fingerprint density at radius 1 is 1.12 bits per heavy atom. The number of hydrogen-bond donors (Lipinski definition) is 1. The number of nitrogens with zero attached hydrogens (tertiary/aromatic N) is 4. The molecule has 5 rings (SSSR count). The molecule has 32 heavy (non-hydrogen) atoms. The minimum Gasteiger partial charge on any atom is -0.366 e. The molecule has 0 atom stereocenters. The lowest BCUT2D eigenvalue weighted by Crippen LogP contribution is -2.24. The Morgan fingerprint density at radius 3 is 2.59 bits per heavy atom. The zero-order valence-corrected chi connectivity index (χ0v) is 18.2. The van der Waals surface area contributed by atoms with Crippen LogP contribution in [-0.2, 0) is 19.4 Å². The molecular weight excluding hydrogens is 402 g/mol. The van der Waals surface area contributed by atoms with Crippen LogP contribution in [0.25, 0.3) is 23.0 Å². The second-order valence-electron chi connectivity index (χ2n) is 9.12. The summed E-state index contributed by atoms with van der Waals surface area (Å²) in [6.45, 7) is 5.31. The summed E-state index contributed by atoms with van der Waals surface area (Å²) in [7, 11) is 0. The molecule has 0 saturated heterocycles. The van der Waals surface area contributed by atoms with Crippen molar-refractivity contribution in [3.05, 3.63) is 77.0 Å². The lowest BCUT2D eigenvalue weighted by molar-refractivity contribution is 0.100. The first-order valence-corrected chi connectivity index (χ1v) is 10.8. The summed E-state index contributed by atoms with van der Waals surface area (Å²) in [5, 5.41) is 9.08. The molecule has 2 heterocycles. The minimum atomic E-state index is -0.469. The topological polar surface area (TPSA) is 99.8 Å². The van der Waals surface area contributed by atoms with Crippen LogP contribution in [0.4, 0.5) is 0 Å². The largest absolute Gasteiger partial charge is 0.366 e. The maximum Gasteiger partial charge on any atom is 0.279 e. The van der Waals surface area contributed by atoms with Crippen molar-refractivity contribution in [3.8, 4) is 23.0 Å². The van der Waals surface area contributed by atoms with Crippen LogP contribution in [0.3, 0.4) is 0 Å². The van der Waals surface area contributed by atoms with Gasteiger partial charge in [0.15, 0.2) is 5.69 Å². The molecule has 0 unspecified atom stereocenters. The van der Waals surface area contributed by atoms with Crippen LogP contribution in [-0.4, -0.2) is 25.8 Å². The molecule has 1 amide bonds. The lowest BCUT2D eigenvalue weighted by atomic mass is 9.76. The molecule has 2 aromatic heterocycles. The highest BCUT2D eigenvalue weighted by atomic mass is 16.5. The first-order valence-electron chi connectivity index (χ1n) is 10.8. The van der Waals surface area contributed by atoms with Crippen molar-refractivity contribution in [1.82, 2.24) is 19.9 Å². The molecule has 0 saturated carbocycles. The van der Waals surface area contributed by atoms with Crippen molar-refractivity contribution >= 4 is 5.91 Å². The van der Waals surface area contributed by atoms with Crippen LogP contribution in [0.15, 0.2) is 59.1 Å². The zero-order valence-electron chi connectivity index (χ0n) is 18.2. The van der Waals surface area contributed by atoms with Crippen LogP contribution in [0, 0.1) is 5.41 Å². The average Bonchev–Trinajstić information content (AvgIpc) is 3.39. The molecule has 0 fully saturated rings. The number of carbonyl (C=O) groups excluding carboxylic acids is 1. The van der Waals surface area contributed by atoms with Crippen molar-refractivity contribution in [2.24, 2.45) is 11.1 Å². The summed E-state index contributed by atoms with van der Waals surface area (Å²) in [4.78, 5) is 15.9. The van der Waals surface area contributed by atoms with Gasteiger partial charge in [0.2, 0.25) is 11.7 Å². The smallest absolute Gasteiger partial charge is 0.279 e. The number of aromatic nitrogens is 4. The van der Waals surface area contributed by atoms with Gasteiger partial charge in [-0.05, 0) is 42.4 Å². The molecule has 4 aromatic rings. The number of benzene rings is 2. The Morgan fingerprint density at radius 2 is 1.88 bits per heavy atom. The highest BCUT2D eigenvalue weighted by molar-refractivity contribution is 5.93. The van der Waals surface area contributed by atoms with E-state index in [1.807, 2.05) is 18.2 Å². The highest BCUT2D eigenvalue weighted by Gasteiger charge is 2.33. The standard InChI is InChI=1S/C25H25N5O2/c1-25(2)13-12-19-20(14-25)30(15-16-6-4-3-5-7-16)28-21(19)24-27-23(29-32-24)18-10-8-17(9-11-18)22(26)31/h3-11H,12-15H2,1-2H3,(H2,26,31). The second kappa shape index (κ2) is 7.75. The molecule has 162 valence electrons. The van der Waals surface area contributed by atoms with Gasteiger partial charge in [0.25, 0.3) is 5.89 Å². The SMILES string of the molecule is CC1(C)CCc2c(-c3nc(-c4ccc(C(N)=O)cc4)no3)nn(Cc3ccccc3)c2C1. The lowest BCUT2D eigenvalue weighted by Gasteiger charge is -2.30. The van der Waals surface area contributed by atoms with Gasteiger partial charge >= 0.3 is 0 Å². The third-order valence-electron chi connectivity index (χ3n) is 6.10. The quantitative estimate of drug-likeness (QED) is 0.513. The van der Waals surface area contributed by atoms with Gasteiger partial charge in [0.1, 0.15) is 0 Å². The highest BCUT2D eigenvalue weighted by Crippen LogP contribution is 2.39. The van der Waals surface area contributed by atoms with Crippen molar-refractivity contribution in [2.45, 2.75) is 39.7 Å². The molecular formula is C25H25N5O2. The Balaban J connectivity index is 1.52. The van der Waals surface area contributed by atoms with Crippen LogP contribution >= 0.6 is 0 Å². The molecule has 1 aliphatic rings. The molecule has 7 nitrogen and oxygen atoms in total. The van der Waals surface area contributed by atoms with Gasteiger partial charge < -0.3 is 10.3 Å². The van der Waals surface area contributed by atoms with Gasteiger partial charge in [-0.3, -0.25) is 9.48 Å². The Kier molecular flexibility index (Phi) is 4.89. The van der Waals surface area contributed by atoms with Gasteiger partial charge in [0, 0.05) is 22.4 Å². The van der Waals surface area contributed by atoms with Crippen molar-refractivity contribution in [3.63, 3.8) is 0 Å². The number of amides is 1. The number of primary amides is 1. The summed E-state index contributed by atoms with van der Waals surface area (Å²) in [5.74, 6) is 0.407. The summed E-state index contributed by atoms with van der Waals surface area (Å²) in [6.07, 6.45) is 2.97. The molecule has 0 spiro atoms. The predicted octanol–water partition coefficient (Wildman–Crippen LogP) is 4.26. The van der Waals surface area contributed by atoms with Crippen molar-refractivity contribution in [2.75, 3.05) is 0 Å². The molecule has 1 aliphatic carbocycles. The van der Waals surface area contributed by atoms with E-state index in [4.69, 9.17) is 15.4 Å². The second-order valence-corrected chi connectivity index (χ2v) is 9.12.